The second-order valence-corrected chi connectivity index (χ2v) is 4.39. The molecule has 3 N–H and O–H groups in total. The predicted octanol–water partition coefficient (Wildman–Crippen LogP) is 2.53. The van der Waals surface area contributed by atoms with E-state index < -0.39 is 0 Å². The first-order chi connectivity index (χ1) is 6.65. The molecule has 0 radical (unpaired) electrons. The number of aryl methyl sites for hydroxylation is 1. The van der Waals surface area contributed by atoms with Crippen molar-refractivity contribution in [3.05, 3.63) is 33.8 Å². The number of nitrogens with two attached hydrogens (primary N) is 1. The van der Waals surface area contributed by atoms with Crippen molar-refractivity contribution in [3.8, 4) is 0 Å². The lowest BCUT2D eigenvalue weighted by Gasteiger charge is -2.14. The van der Waals surface area contributed by atoms with Crippen molar-refractivity contribution >= 4 is 15.9 Å². The van der Waals surface area contributed by atoms with Crippen LogP contribution >= 0.6 is 15.9 Å². The summed E-state index contributed by atoms with van der Waals surface area (Å²) in [7, 11) is 0. The summed E-state index contributed by atoms with van der Waals surface area (Å²) in [5.41, 5.74) is 8.39. The van der Waals surface area contributed by atoms with Gasteiger partial charge < -0.3 is 10.8 Å². The predicted molar refractivity (Wildman–Crippen MR) is 62.1 cm³/mol. The van der Waals surface area contributed by atoms with Gasteiger partial charge >= 0.3 is 0 Å². The van der Waals surface area contributed by atoms with Crippen molar-refractivity contribution < 1.29 is 5.11 Å². The molecule has 0 unspecified atom stereocenters. The van der Waals surface area contributed by atoms with Crippen LogP contribution in [0.15, 0.2) is 22.7 Å². The fourth-order valence-corrected chi connectivity index (χ4v) is 1.86. The first-order valence-electron chi connectivity index (χ1n) is 4.77. The van der Waals surface area contributed by atoms with E-state index in [1.165, 1.54) is 5.56 Å². The largest absolute Gasteiger partial charge is 0.396 e. The highest BCUT2D eigenvalue weighted by atomic mass is 79.9. The molecule has 0 aliphatic rings. The first kappa shape index (κ1) is 11.7. The molecule has 0 saturated carbocycles. The Labute approximate surface area is 93.3 Å². The number of halogens is 1. The van der Waals surface area contributed by atoms with Gasteiger partial charge in [-0.15, -0.1) is 0 Å². The van der Waals surface area contributed by atoms with Gasteiger partial charge in [-0.2, -0.15) is 0 Å². The molecule has 14 heavy (non-hydrogen) atoms. The summed E-state index contributed by atoms with van der Waals surface area (Å²) in [6.45, 7) is 2.27. The third-order valence-electron chi connectivity index (χ3n) is 2.31. The normalized spacial score (nSPS) is 12.9. The van der Waals surface area contributed by atoms with Crippen molar-refractivity contribution in [3.63, 3.8) is 0 Å². The van der Waals surface area contributed by atoms with E-state index in [1.807, 2.05) is 6.07 Å². The van der Waals surface area contributed by atoms with Crippen LogP contribution in [0.2, 0.25) is 0 Å². The molecule has 0 spiro atoms. The van der Waals surface area contributed by atoms with E-state index in [4.69, 9.17) is 10.8 Å². The van der Waals surface area contributed by atoms with Gasteiger partial charge in [-0.3, -0.25) is 0 Å². The lowest BCUT2D eigenvalue weighted by atomic mass is 9.99. The quantitative estimate of drug-likeness (QED) is 0.871. The molecule has 78 valence electrons. The minimum atomic E-state index is 0.0275. The van der Waals surface area contributed by atoms with Gasteiger partial charge in [0.05, 0.1) is 0 Å². The van der Waals surface area contributed by atoms with E-state index in [1.54, 1.807) is 0 Å². The Morgan fingerprint density at radius 1 is 1.50 bits per heavy atom. The lowest BCUT2D eigenvalue weighted by molar-refractivity contribution is 0.280. The highest BCUT2D eigenvalue weighted by Gasteiger charge is 2.08. The fraction of sp³-hybridized carbons (Fsp3) is 0.455. The van der Waals surface area contributed by atoms with Gasteiger partial charge in [-0.1, -0.05) is 22.0 Å². The maximum absolute atomic E-state index is 8.72. The van der Waals surface area contributed by atoms with Gasteiger partial charge in [0.15, 0.2) is 0 Å². The molecule has 0 aliphatic heterocycles. The van der Waals surface area contributed by atoms with E-state index in [-0.39, 0.29) is 12.6 Å². The Morgan fingerprint density at radius 3 is 2.86 bits per heavy atom. The highest BCUT2D eigenvalue weighted by molar-refractivity contribution is 9.10. The van der Waals surface area contributed by atoms with Crippen LogP contribution < -0.4 is 5.73 Å². The van der Waals surface area contributed by atoms with Gasteiger partial charge in [0, 0.05) is 17.1 Å². The molecule has 0 aliphatic carbocycles. The van der Waals surface area contributed by atoms with Gasteiger partial charge in [0.2, 0.25) is 0 Å². The van der Waals surface area contributed by atoms with Crippen LogP contribution in [-0.2, 0) is 0 Å². The van der Waals surface area contributed by atoms with Crippen LogP contribution in [0.5, 0.6) is 0 Å². The van der Waals surface area contributed by atoms with Crippen molar-refractivity contribution in [2.24, 2.45) is 5.73 Å². The second-order valence-electron chi connectivity index (χ2n) is 3.47. The van der Waals surface area contributed by atoms with E-state index in [0.29, 0.717) is 0 Å². The molecule has 0 saturated heterocycles. The van der Waals surface area contributed by atoms with Gasteiger partial charge in [-0.25, -0.2) is 0 Å². The maximum Gasteiger partial charge on any atom is 0.0431 e. The Bertz CT molecular complexity index is 301. The molecule has 1 atom stereocenters. The zero-order valence-electron chi connectivity index (χ0n) is 8.33. The van der Waals surface area contributed by atoms with Crippen LogP contribution in [-0.4, -0.2) is 11.7 Å². The zero-order valence-corrected chi connectivity index (χ0v) is 9.92. The Kier molecular flexibility index (Phi) is 4.58. The molecule has 1 rings (SSSR count). The third kappa shape index (κ3) is 3.08. The van der Waals surface area contributed by atoms with E-state index in [0.717, 1.165) is 22.9 Å². The summed E-state index contributed by atoms with van der Waals surface area (Å²) in [6.07, 6.45) is 1.58. The zero-order chi connectivity index (χ0) is 10.6. The number of hydrogen-bond acceptors (Lipinski definition) is 2. The SMILES string of the molecule is Cc1ccc(Br)cc1[C@H](N)CCCO. The number of aliphatic hydroxyl groups excluding tert-OH is 1. The number of rotatable bonds is 4. The monoisotopic (exact) mass is 257 g/mol. The second kappa shape index (κ2) is 5.49. The minimum absolute atomic E-state index is 0.0275. The average molecular weight is 258 g/mol. The van der Waals surface area contributed by atoms with Crippen LogP contribution in [0.4, 0.5) is 0 Å². The fourth-order valence-electron chi connectivity index (χ4n) is 1.48. The Hall–Kier alpha value is -0.380. The molecule has 2 nitrogen and oxygen atoms in total. The molecule has 1 aromatic rings. The van der Waals surface area contributed by atoms with E-state index >= 15 is 0 Å². The maximum atomic E-state index is 8.72. The summed E-state index contributed by atoms with van der Waals surface area (Å²) < 4.78 is 1.05. The minimum Gasteiger partial charge on any atom is -0.396 e. The molecule has 0 aromatic heterocycles. The van der Waals surface area contributed by atoms with Crippen LogP contribution in [0.1, 0.15) is 30.0 Å². The number of benzene rings is 1. The summed E-state index contributed by atoms with van der Waals surface area (Å²) >= 11 is 3.43. The number of hydrogen-bond donors (Lipinski definition) is 2. The smallest absolute Gasteiger partial charge is 0.0431 e. The van der Waals surface area contributed by atoms with E-state index in [9.17, 15) is 0 Å². The highest BCUT2D eigenvalue weighted by Crippen LogP contribution is 2.23. The summed E-state index contributed by atoms with van der Waals surface area (Å²) in [5, 5.41) is 8.72. The summed E-state index contributed by atoms with van der Waals surface area (Å²) in [5.74, 6) is 0. The van der Waals surface area contributed by atoms with Crippen LogP contribution in [0.3, 0.4) is 0 Å². The van der Waals surface area contributed by atoms with Crippen molar-refractivity contribution in [2.75, 3.05) is 6.61 Å². The van der Waals surface area contributed by atoms with Gasteiger partial charge in [-0.05, 0) is 43.0 Å². The molecule has 1 aromatic carbocycles. The van der Waals surface area contributed by atoms with Gasteiger partial charge in [0.1, 0.15) is 0 Å². The molecule has 0 heterocycles. The van der Waals surface area contributed by atoms with Crippen molar-refractivity contribution in [2.45, 2.75) is 25.8 Å². The summed E-state index contributed by atoms with van der Waals surface area (Å²) in [6, 6.07) is 6.15. The van der Waals surface area contributed by atoms with Crippen LogP contribution in [0.25, 0.3) is 0 Å². The van der Waals surface area contributed by atoms with Crippen molar-refractivity contribution in [1.82, 2.24) is 0 Å². The Balaban J connectivity index is 2.77. The molecular formula is C11H16BrNO. The standard InChI is InChI=1S/C11H16BrNO/c1-8-4-5-9(12)7-10(8)11(13)3-2-6-14/h4-5,7,11,14H,2-3,6,13H2,1H3/t11-/m1/s1. The molecule has 3 heteroatoms. The third-order valence-corrected chi connectivity index (χ3v) is 2.81. The number of aliphatic hydroxyl groups is 1. The van der Waals surface area contributed by atoms with Crippen molar-refractivity contribution in [1.29, 1.82) is 0 Å². The van der Waals surface area contributed by atoms with Crippen LogP contribution in [0, 0.1) is 6.92 Å². The lowest BCUT2D eigenvalue weighted by Crippen LogP contribution is -2.12. The topological polar surface area (TPSA) is 46.2 Å². The summed E-state index contributed by atoms with van der Waals surface area (Å²) in [4.78, 5) is 0. The molecule has 0 bridgehead atoms. The average Bonchev–Trinajstić information content (AvgIpc) is 2.18. The molecule has 0 amide bonds. The first-order valence-corrected chi connectivity index (χ1v) is 5.57. The molecular weight excluding hydrogens is 242 g/mol. The molecule has 0 fully saturated rings. The van der Waals surface area contributed by atoms with E-state index in [2.05, 4.69) is 35.0 Å². The van der Waals surface area contributed by atoms with Gasteiger partial charge in [0.25, 0.3) is 0 Å². The Morgan fingerprint density at radius 2 is 2.21 bits per heavy atom.